The van der Waals surface area contributed by atoms with Gasteiger partial charge in [-0.25, -0.2) is 0 Å². The summed E-state index contributed by atoms with van der Waals surface area (Å²) in [6, 6.07) is 12.0. The molecule has 0 bridgehead atoms. The Hall–Kier alpha value is -1.74. The monoisotopic (exact) mass is 277 g/mol. The summed E-state index contributed by atoms with van der Waals surface area (Å²) in [5, 5.41) is 5.09. The number of hydrogen-bond donors (Lipinski definition) is 1. The molecule has 0 atom stereocenters. The van der Waals surface area contributed by atoms with Crippen molar-refractivity contribution in [3.05, 3.63) is 42.0 Å². The Balaban J connectivity index is 2.11. The van der Waals surface area contributed by atoms with Crippen LogP contribution >= 0.6 is 11.6 Å². The van der Waals surface area contributed by atoms with E-state index < -0.39 is 0 Å². The lowest BCUT2D eigenvalue weighted by atomic mass is 10.1. The Bertz CT molecular complexity index is 583. The lowest BCUT2D eigenvalue weighted by Crippen LogP contribution is -2.22. The molecule has 2 aromatic rings. The largest absolute Gasteiger partial charge is 0.497 e. The second-order valence-electron chi connectivity index (χ2n) is 4.26. The zero-order chi connectivity index (χ0) is 13.7. The summed E-state index contributed by atoms with van der Waals surface area (Å²) in [4.78, 5) is 11.4. The first kappa shape index (κ1) is 13.7. The van der Waals surface area contributed by atoms with E-state index in [0.717, 1.165) is 22.1 Å². The Morgan fingerprint density at radius 1 is 1.21 bits per heavy atom. The molecule has 3 nitrogen and oxygen atoms in total. The Morgan fingerprint density at radius 3 is 2.68 bits per heavy atom. The van der Waals surface area contributed by atoms with E-state index in [1.807, 2.05) is 30.3 Å². The molecule has 1 N–H and O–H groups in total. The van der Waals surface area contributed by atoms with Gasteiger partial charge in [0.1, 0.15) is 5.75 Å². The molecule has 0 saturated carbocycles. The smallest absolute Gasteiger partial charge is 0.221 e. The van der Waals surface area contributed by atoms with Gasteiger partial charge in [0.05, 0.1) is 7.11 Å². The molecule has 0 aromatic heterocycles. The van der Waals surface area contributed by atoms with E-state index in [2.05, 4.69) is 11.4 Å². The predicted molar refractivity (Wildman–Crippen MR) is 77.7 cm³/mol. The number of benzene rings is 2. The maximum absolute atomic E-state index is 11.4. The fourth-order valence-corrected chi connectivity index (χ4v) is 2.06. The van der Waals surface area contributed by atoms with Crippen LogP contribution < -0.4 is 10.1 Å². The van der Waals surface area contributed by atoms with Gasteiger partial charge in [0.15, 0.2) is 0 Å². The zero-order valence-corrected chi connectivity index (χ0v) is 11.5. The summed E-state index contributed by atoms with van der Waals surface area (Å²) in [5.41, 5.74) is 1.07. The third-order valence-corrected chi connectivity index (χ3v) is 3.11. The van der Waals surface area contributed by atoms with E-state index >= 15 is 0 Å². The molecule has 19 heavy (non-hydrogen) atoms. The van der Waals surface area contributed by atoms with Gasteiger partial charge in [-0.3, -0.25) is 4.79 Å². The normalized spacial score (nSPS) is 10.4. The number of ether oxygens (including phenoxy) is 1. The van der Waals surface area contributed by atoms with Gasteiger partial charge in [-0.15, -0.1) is 11.6 Å². The lowest BCUT2D eigenvalue weighted by molar-refractivity contribution is -0.120. The van der Waals surface area contributed by atoms with Crippen LogP contribution in [0.15, 0.2) is 36.4 Å². The van der Waals surface area contributed by atoms with Crippen molar-refractivity contribution >= 4 is 28.3 Å². The Kier molecular flexibility index (Phi) is 4.63. The average molecular weight is 278 g/mol. The third-order valence-electron chi connectivity index (χ3n) is 2.92. The van der Waals surface area contributed by atoms with E-state index in [1.54, 1.807) is 7.11 Å². The third kappa shape index (κ3) is 3.61. The summed E-state index contributed by atoms with van der Waals surface area (Å²) >= 11 is 5.51. The maximum atomic E-state index is 11.4. The van der Waals surface area contributed by atoms with Crippen LogP contribution in [0.3, 0.4) is 0 Å². The van der Waals surface area contributed by atoms with Gasteiger partial charge < -0.3 is 10.1 Å². The van der Waals surface area contributed by atoms with Crippen LogP contribution in [0.5, 0.6) is 5.75 Å². The van der Waals surface area contributed by atoms with Crippen molar-refractivity contribution < 1.29 is 9.53 Å². The predicted octanol–water partition coefficient (Wildman–Crippen LogP) is 3.09. The molecular weight excluding hydrogens is 262 g/mol. The van der Waals surface area contributed by atoms with Crippen LogP contribution in [0.1, 0.15) is 12.0 Å². The Morgan fingerprint density at radius 2 is 1.95 bits per heavy atom. The number of rotatable bonds is 5. The molecule has 1 amide bonds. The lowest BCUT2D eigenvalue weighted by Gasteiger charge is -2.07. The molecule has 0 radical (unpaired) electrons. The van der Waals surface area contributed by atoms with Crippen LogP contribution in [0.25, 0.3) is 10.8 Å². The van der Waals surface area contributed by atoms with E-state index in [-0.39, 0.29) is 5.91 Å². The van der Waals surface area contributed by atoms with Crippen LogP contribution in [0.4, 0.5) is 0 Å². The quantitative estimate of drug-likeness (QED) is 0.853. The van der Waals surface area contributed by atoms with Gasteiger partial charge in [-0.2, -0.15) is 0 Å². The first-order valence-electron chi connectivity index (χ1n) is 6.12. The molecule has 0 aliphatic heterocycles. The van der Waals surface area contributed by atoms with Crippen molar-refractivity contribution in [1.82, 2.24) is 5.32 Å². The van der Waals surface area contributed by atoms with Crippen LogP contribution in [0.2, 0.25) is 0 Å². The topological polar surface area (TPSA) is 38.3 Å². The number of fused-ring (bicyclic) bond motifs is 1. The van der Waals surface area contributed by atoms with Crippen LogP contribution in [-0.2, 0) is 11.3 Å². The molecule has 0 aliphatic carbocycles. The van der Waals surface area contributed by atoms with Crippen molar-refractivity contribution in [2.45, 2.75) is 13.0 Å². The molecule has 0 saturated heterocycles. The molecule has 0 spiro atoms. The number of alkyl halides is 1. The highest BCUT2D eigenvalue weighted by Crippen LogP contribution is 2.21. The second kappa shape index (κ2) is 6.43. The minimum atomic E-state index is -0.0233. The van der Waals surface area contributed by atoms with Crippen molar-refractivity contribution in [2.75, 3.05) is 13.0 Å². The number of hydrogen-bond acceptors (Lipinski definition) is 2. The van der Waals surface area contributed by atoms with Crippen molar-refractivity contribution in [2.24, 2.45) is 0 Å². The van der Waals surface area contributed by atoms with Crippen molar-refractivity contribution in [1.29, 1.82) is 0 Å². The minimum absolute atomic E-state index is 0.0233. The molecule has 100 valence electrons. The van der Waals surface area contributed by atoms with Gasteiger partial charge in [0.25, 0.3) is 0 Å². The standard InChI is InChI=1S/C15H16ClNO2/c1-19-14-5-4-12-8-11(2-3-13(12)9-14)10-17-15(18)6-7-16/h2-5,8-9H,6-7,10H2,1H3,(H,17,18). The Labute approximate surface area is 117 Å². The number of carbonyl (C=O) groups is 1. The van der Waals surface area contributed by atoms with E-state index in [4.69, 9.17) is 16.3 Å². The fraction of sp³-hybridized carbons (Fsp3) is 0.267. The van der Waals surface area contributed by atoms with Crippen molar-refractivity contribution in [3.8, 4) is 5.75 Å². The fourth-order valence-electron chi connectivity index (χ4n) is 1.89. The number of carbonyl (C=O) groups excluding carboxylic acids is 1. The number of nitrogens with one attached hydrogen (secondary N) is 1. The summed E-state index contributed by atoms with van der Waals surface area (Å²) in [6.45, 7) is 0.525. The average Bonchev–Trinajstić information content (AvgIpc) is 2.44. The van der Waals surface area contributed by atoms with E-state index in [1.165, 1.54) is 0 Å². The van der Waals surface area contributed by atoms with Crippen LogP contribution in [0, 0.1) is 0 Å². The zero-order valence-electron chi connectivity index (χ0n) is 10.8. The molecular formula is C15H16ClNO2. The minimum Gasteiger partial charge on any atom is -0.497 e. The molecule has 0 aliphatic rings. The molecule has 2 aromatic carbocycles. The highest BCUT2D eigenvalue weighted by atomic mass is 35.5. The van der Waals surface area contributed by atoms with Gasteiger partial charge in [0.2, 0.25) is 5.91 Å². The molecule has 2 rings (SSSR count). The van der Waals surface area contributed by atoms with Gasteiger partial charge in [-0.1, -0.05) is 18.2 Å². The summed E-state index contributed by atoms with van der Waals surface area (Å²) < 4.78 is 5.19. The second-order valence-corrected chi connectivity index (χ2v) is 4.64. The van der Waals surface area contributed by atoms with E-state index in [9.17, 15) is 4.79 Å². The van der Waals surface area contributed by atoms with E-state index in [0.29, 0.717) is 18.8 Å². The first-order valence-corrected chi connectivity index (χ1v) is 6.66. The summed E-state index contributed by atoms with van der Waals surface area (Å²) in [6.07, 6.45) is 0.354. The number of amides is 1. The van der Waals surface area contributed by atoms with Crippen molar-refractivity contribution in [3.63, 3.8) is 0 Å². The molecule has 0 heterocycles. The van der Waals surface area contributed by atoms with Gasteiger partial charge in [0, 0.05) is 18.8 Å². The summed E-state index contributed by atoms with van der Waals surface area (Å²) in [5.74, 6) is 1.17. The van der Waals surface area contributed by atoms with Crippen LogP contribution in [-0.4, -0.2) is 18.9 Å². The maximum Gasteiger partial charge on any atom is 0.221 e. The molecule has 0 unspecified atom stereocenters. The number of methoxy groups -OCH3 is 1. The number of halogens is 1. The SMILES string of the molecule is COc1ccc2cc(CNC(=O)CCCl)ccc2c1. The first-order chi connectivity index (χ1) is 9.22. The molecule has 0 fully saturated rings. The highest BCUT2D eigenvalue weighted by Gasteiger charge is 2.02. The highest BCUT2D eigenvalue weighted by molar-refractivity contribution is 6.18. The van der Waals surface area contributed by atoms with Gasteiger partial charge in [-0.05, 0) is 34.5 Å². The van der Waals surface area contributed by atoms with Gasteiger partial charge >= 0.3 is 0 Å². The molecule has 4 heteroatoms. The summed E-state index contributed by atoms with van der Waals surface area (Å²) in [7, 11) is 1.65.